The number of hydrogen-bond donors (Lipinski definition) is 0. The average molecular weight is 628 g/mol. The molecule has 0 aliphatic heterocycles. The lowest BCUT2D eigenvalue weighted by Crippen LogP contribution is -2.74. The number of rotatable bonds is 6. The van der Waals surface area contributed by atoms with Crippen LogP contribution in [0.5, 0.6) is 0 Å². The van der Waals surface area contributed by atoms with Crippen LogP contribution in [0.25, 0.3) is 43.5 Å². The first-order valence-corrected chi connectivity index (χ1v) is 17.9. The van der Waals surface area contributed by atoms with Crippen molar-refractivity contribution in [3.05, 3.63) is 193 Å². The van der Waals surface area contributed by atoms with Gasteiger partial charge in [0.25, 0.3) is 0 Å². The zero-order chi connectivity index (χ0) is 32.5. The van der Waals surface area contributed by atoms with Crippen LogP contribution in [0.15, 0.2) is 176 Å². The first kappa shape index (κ1) is 29.0. The van der Waals surface area contributed by atoms with Crippen molar-refractivity contribution in [1.82, 2.24) is 4.57 Å². The Morgan fingerprint density at radius 2 is 1.06 bits per heavy atom. The summed E-state index contributed by atoms with van der Waals surface area (Å²) in [6.45, 7) is 8.32. The van der Waals surface area contributed by atoms with Crippen molar-refractivity contribution in [2.75, 3.05) is 0 Å². The van der Waals surface area contributed by atoms with E-state index in [0.717, 1.165) is 43.8 Å². The Morgan fingerprint density at radius 3 is 1.65 bits per heavy atom. The molecular weight excluding hydrogens is 599 g/mol. The Balaban J connectivity index is 1.32. The second-order valence-corrected chi connectivity index (χ2v) is 15.7. The molecule has 0 amide bonds. The van der Waals surface area contributed by atoms with Gasteiger partial charge < -0.3 is 4.57 Å². The van der Waals surface area contributed by atoms with Crippen molar-refractivity contribution in [3.8, 4) is 22.9 Å². The highest BCUT2D eigenvalue weighted by atomic mass is 28.3. The molecule has 224 valence electrons. The third-order valence-corrected chi connectivity index (χ3v) is 14.2. The van der Waals surface area contributed by atoms with E-state index < -0.39 is 8.07 Å². The summed E-state index contributed by atoms with van der Waals surface area (Å²) >= 11 is 0. The first-order chi connectivity index (χ1) is 23.7. The van der Waals surface area contributed by atoms with Gasteiger partial charge in [0.2, 0.25) is 0 Å². The summed E-state index contributed by atoms with van der Waals surface area (Å²) in [6.07, 6.45) is 0. The van der Waals surface area contributed by atoms with Gasteiger partial charge in [-0.2, -0.15) is 5.26 Å². The molecule has 0 N–H and O–H groups in total. The van der Waals surface area contributed by atoms with Crippen LogP contribution in [0, 0.1) is 17.9 Å². The van der Waals surface area contributed by atoms with Crippen LogP contribution in [-0.2, 0) is 0 Å². The largest absolute Gasteiger partial charge is 0.309 e. The number of fused-ring (bicyclic) bond motifs is 3. The minimum atomic E-state index is -2.89. The topological polar surface area (TPSA) is 33.1 Å². The van der Waals surface area contributed by atoms with Gasteiger partial charge in [0, 0.05) is 16.5 Å². The summed E-state index contributed by atoms with van der Waals surface area (Å²) in [6, 6.07) is 63.8. The van der Waals surface area contributed by atoms with Gasteiger partial charge in [-0.05, 0) is 68.3 Å². The number of benzene rings is 7. The van der Waals surface area contributed by atoms with E-state index in [1.807, 2.05) is 30.3 Å². The zero-order valence-corrected chi connectivity index (χ0v) is 27.1. The van der Waals surface area contributed by atoms with Crippen molar-refractivity contribution in [1.29, 1.82) is 5.26 Å². The van der Waals surface area contributed by atoms with Crippen molar-refractivity contribution < 1.29 is 0 Å². The summed E-state index contributed by atoms with van der Waals surface area (Å²) in [7, 11) is -2.89. The maximum absolute atomic E-state index is 9.56. The normalized spacial score (nSPS) is 11.3. The Morgan fingerprint density at radius 1 is 0.521 bits per heavy atom. The minimum absolute atomic E-state index is 0.653. The van der Waals surface area contributed by atoms with Gasteiger partial charge in [0.1, 0.15) is 0 Å². The van der Waals surface area contributed by atoms with E-state index in [-0.39, 0.29) is 0 Å². The number of nitriles is 1. The molecule has 0 aliphatic rings. The predicted molar refractivity (Wildman–Crippen MR) is 201 cm³/mol. The summed E-state index contributed by atoms with van der Waals surface area (Å²) in [5.41, 5.74) is 6.71. The maximum atomic E-state index is 9.56. The summed E-state index contributed by atoms with van der Waals surface area (Å²) in [4.78, 5) is 4.13. The molecule has 48 heavy (non-hydrogen) atoms. The van der Waals surface area contributed by atoms with Crippen molar-refractivity contribution in [2.24, 2.45) is 0 Å². The second-order valence-electron chi connectivity index (χ2n) is 11.9. The molecule has 4 heteroatoms. The average Bonchev–Trinajstić information content (AvgIpc) is 3.50. The Labute approximate surface area is 281 Å². The van der Waals surface area contributed by atoms with Gasteiger partial charge >= 0.3 is 0 Å². The third kappa shape index (κ3) is 4.64. The lowest BCUT2D eigenvalue weighted by molar-refractivity contribution is 1.18. The highest BCUT2D eigenvalue weighted by Gasteiger charge is 2.42. The molecule has 0 saturated heterocycles. The molecule has 1 heterocycles. The van der Waals surface area contributed by atoms with E-state index in [4.69, 9.17) is 6.57 Å². The van der Waals surface area contributed by atoms with Crippen LogP contribution in [-0.4, -0.2) is 12.6 Å². The molecule has 0 radical (unpaired) electrons. The lowest BCUT2D eigenvalue weighted by Gasteiger charge is -2.35. The molecule has 0 atom stereocenters. The van der Waals surface area contributed by atoms with E-state index in [1.54, 1.807) is 0 Å². The fourth-order valence-corrected chi connectivity index (χ4v) is 12.2. The van der Waals surface area contributed by atoms with Crippen molar-refractivity contribution >= 4 is 56.3 Å². The fraction of sp³-hybridized carbons (Fsp3) is 0. The molecule has 0 bridgehead atoms. The predicted octanol–water partition coefficient (Wildman–Crippen LogP) is 8.25. The van der Waals surface area contributed by atoms with Crippen molar-refractivity contribution in [3.63, 3.8) is 0 Å². The van der Waals surface area contributed by atoms with Gasteiger partial charge in [0.05, 0.1) is 29.2 Å². The number of aromatic nitrogens is 1. The van der Waals surface area contributed by atoms with Crippen LogP contribution in [0.1, 0.15) is 5.56 Å². The van der Waals surface area contributed by atoms with Crippen LogP contribution < -0.4 is 20.7 Å². The molecule has 0 spiro atoms. The van der Waals surface area contributed by atoms with Gasteiger partial charge in [-0.3, -0.25) is 0 Å². The van der Waals surface area contributed by atoms with E-state index >= 15 is 0 Å². The van der Waals surface area contributed by atoms with Gasteiger partial charge in [-0.1, -0.05) is 140 Å². The molecule has 3 nitrogen and oxygen atoms in total. The quantitative estimate of drug-likeness (QED) is 0.104. The summed E-state index contributed by atoms with van der Waals surface area (Å²) in [5, 5.41) is 16.6. The standard InChI is InChI=1S/C44H29N3Si/c1-46-41-27-24-34(30-44(41)48(36-13-5-2-6-14-36,37-15-7-3-8-16-37)38-17-9-4-10-18-38)33-22-25-35(26-23-33)47-42-20-12-11-19-39(42)40-29-32(31-45)21-28-43(40)47/h2-30H. The van der Waals surface area contributed by atoms with E-state index in [0.29, 0.717) is 11.3 Å². The number of nitrogens with zero attached hydrogens (tertiary/aromatic N) is 3. The van der Waals surface area contributed by atoms with Gasteiger partial charge in [-0.15, -0.1) is 0 Å². The summed E-state index contributed by atoms with van der Waals surface area (Å²) in [5.74, 6) is 0. The molecule has 1 aromatic heterocycles. The Hall–Kier alpha value is -6.46. The molecule has 0 fully saturated rings. The number of para-hydroxylation sites is 1. The van der Waals surface area contributed by atoms with E-state index in [2.05, 4.69) is 161 Å². The number of hydrogen-bond acceptors (Lipinski definition) is 1. The molecule has 0 unspecified atom stereocenters. The highest BCUT2D eigenvalue weighted by Crippen LogP contribution is 2.33. The van der Waals surface area contributed by atoms with E-state index in [1.165, 1.54) is 15.6 Å². The molecular formula is C44H29N3Si. The monoisotopic (exact) mass is 627 g/mol. The van der Waals surface area contributed by atoms with Crippen LogP contribution in [0.3, 0.4) is 0 Å². The third-order valence-electron chi connectivity index (χ3n) is 9.40. The van der Waals surface area contributed by atoms with E-state index in [9.17, 15) is 5.26 Å². The van der Waals surface area contributed by atoms with Crippen LogP contribution in [0.2, 0.25) is 0 Å². The molecule has 0 saturated carbocycles. The highest BCUT2D eigenvalue weighted by molar-refractivity contribution is 7.20. The Bertz CT molecular complexity index is 2410. The van der Waals surface area contributed by atoms with Gasteiger partial charge in [0.15, 0.2) is 13.8 Å². The molecule has 0 aliphatic carbocycles. The van der Waals surface area contributed by atoms with Crippen molar-refractivity contribution in [2.45, 2.75) is 0 Å². The Kier molecular flexibility index (Phi) is 7.27. The lowest BCUT2D eigenvalue weighted by atomic mass is 10.0. The SMILES string of the molecule is [C-]#[N+]c1ccc(-c2ccc(-n3c4ccccc4c4cc(C#N)ccc43)cc2)cc1[Si](c1ccccc1)(c1ccccc1)c1ccccc1. The zero-order valence-electron chi connectivity index (χ0n) is 26.1. The molecule has 8 rings (SSSR count). The van der Waals surface area contributed by atoms with Gasteiger partial charge in [-0.25, -0.2) is 4.85 Å². The molecule has 8 aromatic rings. The minimum Gasteiger partial charge on any atom is -0.309 e. The van der Waals surface area contributed by atoms with Crippen LogP contribution >= 0.6 is 0 Å². The fourth-order valence-electron chi connectivity index (χ4n) is 7.27. The smallest absolute Gasteiger partial charge is 0.187 e. The molecule has 7 aromatic carbocycles. The van der Waals surface area contributed by atoms with Crippen LogP contribution in [0.4, 0.5) is 5.69 Å². The second kappa shape index (κ2) is 12.0. The summed E-state index contributed by atoms with van der Waals surface area (Å²) < 4.78 is 2.27. The maximum Gasteiger partial charge on any atom is 0.187 e. The first-order valence-electron chi connectivity index (χ1n) is 15.9.